The van der Waals surface area contributed by atoms with Crippen LogP contribution in [0, 0.1) is 11.7 Å². The number of aromatic nitrogens is 4. The first kappa shape index (κ1) is 14.6. The zero-order chi connectivity index (χ0) is 16.5. The van der Waals surface area contributed by atoms with Crippen molar-refractivity contribution in [3.8, 4) is 11.4 Å². The van der Waals surface area contributed by atoms with Crippen molar-refractivity contribution in [2.75, 3.05) is 0 Å². The van der Waals surface area contributed by atoms with Crippen molar-refractivity contribution in [3.05, 3.63) is 70.6 Å². The lowest BCUT2D eigenvalue weighted by Gasteiger charge is -2.04. The van der Waals surface area contributed by atoms with Gasteiger partial charge in [-0.1, -0.05) is 42.5 Å². The lowest BCUT2D eigenvalue weighted by Crippen LogP contribution is -1.96. The van der Waals surface area contributed by atoms with E-state index in [4.69, 9.17) is 12.2 Å². The van der Waals surface area contributed by atoms with Crippen LogP contribution in [-0.4, -0.2) is 26.1 Å². The van der Waals surface area contributed by atoms with Crippen LogP contribution in [0.3, 0.4) is 0 Å². The van der Waals surface area contributed by atoms with Gasteiger partial charge in [0.15, 0.2) is 5.82 Å². The molecule has 118 valence electrons. The van der Waals surface area contributed by atoms with Crippen LogP contribution < -0.4 is 0 Å². The zero-order valence-corrected chi connectivity index (χ0v) is 13.8. The summed E-state index contributed by atoms with van der Waals surface area (Å²) in [5.74, 6) is 0.703. The summed E-state index contributed by atoms with van der Waals surface area (Å²) in [6.07, 6.45) is 3.73. The number of hydrogen-bond acceptors (Lipinski definition) is 3. The van der Waals surface area contributed by atoms with Crippen LogP contribution in [0.1, 0.15) is 11.1 Å². The van der Waals surface area contributed by atoms with Crippen molar-refractivity contribution >= 4 is 29.3 Å². The molecule has 5 nitrogen and oxygen atoms in total. The summed E-state index contributed by atoms with van der Waals surface area (Å²) in [5, 5.41) is 12.8. The number of nitrogens with zero attached hydrogens (tertiary/aromatic N) is 3. The highest BCUT2D eigenvalue weighted by Gasteiger charge is 2.10. The topological polar surface area (TPSA) is 61.8 Å². The molecule has 0 atom stereocenters. The second kappa shape index (κ2) is 5.90. The third-order valence-electron chi connectivity index (χ3n) is 3.97. The Hall–Kier alpha value is -2.99. The summed E-state index contributed by atoms with van der Waals surface area (Å²) < 4.78 is 2.11. The third kappa shape index (κ3) is 2.47. The Kier molecular flexibility index (Phi) is 3.59. The van der Waals surface area contributed by atoms with Gasteiger partial charge in [0.2, 0.25) is 4.77 Å². The fourth-order valence-corrected chi connectivity index (χ4v) is 2.90. The molecule has 0 radical (unpaired) electrons. The Morgan fingerprint density at radius 2 is 1.92 bits per heavy atom. The highest BCUT2D eigenvalue weighted by atomic mass is 32.1. The van der Waals surface area contributed by atoms with E-state index in [2.05, 4.69) is 26.3 Å². The number of hydrogen-bond donors (Lipinski definition) is 2. The first-order valence-electron chi connectivity index (χ1n) is 7.58. The summed E-state index contributed by atoms with van der Waals surface area (Å²) in [4.78, 5) is 3.24. The standard InChI is InChI=1S/C18H15N5S/c1-12-6-2-3-7-14(12)17-21-22-18(24)23(17)20-11-13-10-19-16-9-5-4-8-15(13)16/h2-11,19H,1H3,(H,22,24). The first-order valence-corrected chi connectivity index (χ1v) is 7.99. The summed E-state index contributed by atoms with van der Waals surface area (Å²) >= 11 is 5.33. The molecule has 2 N–H and O–H groups in total. The summed E-state index contributed by atoms with van der Waals surface area (Å²) in [6.45, 7) is 2.04. The van der Waals surface area contributed by atoms with E-state index in [1.54, 1.807) is 10.9 Å². The predicted molar refractivity (Wildman–Crippen MR) is 98.9 cm³/mol. The van der Waals surface area contributed by atoms with Gasteiger partial charge in [-0.2, -0.15) is 14.9 Å². The Morgan fingerprint density at radius 1 is 1.12 bits per heavy atom. The number of rotatable bonds is 3. The van der Waals surface area contributed by atoms with Crippen molar-refractivity contribution in [1.82, 2.24) is 19.9 Å². The molecule has 0 saturated carbocycles. The molecule has 0 saturated heterocycles. The molecule has 2 aromatic heterocycles. The molecule has 0 aliphatic heterocycles. The van der Waals surface area contributed by atoms with Crippen molar-refractivity contribution in [2.45, 2.75) is 6.92 Å². The van der Waals surface area contributed by atoms with E-state index in [0.29, 0.717) is 10.6 Å². The van der Waals surface area contributed by atoms with Gasteiger partial charge in [0, 0.05) is 28.2 Å². The number of H-pyrrole nitrogens is 2. The normalized spacial score (nSPS) is 11.5. The van der Waals surface area contributed by atoms with Crippen molar-refractivity contribution in [3.63, 3.8) is 0 Å². The van der Waals surface area contributed by atoms with E-state index in [-0.39, 0.29) is 0 Å². The molecule has 4 aromatic rings. The molecule has 0 aliphatic carbocycles. The molecule has 2 aromatic carbocycles. The SMILES string of the molecule is Cc1ccccc1-c1n[nH]c(=S)n1N=Cc1c[nH]c2ccccc12. The predicted octanol–water partition coefficient (Wildman–Crippen LogP) is 4.28. The van der Waals surface area contributed by atoms with Crippen LogP contribution >= 0.6 is 12.2 Å². The monoisotopic (exact) mass is 333 g/mol. The van der Waals surface area contributed by atoms with Crippen LogP contribution in [0.25, 0.3) is 22.3 Å². The summed E-state index contributed by atoms with van der Waals surface area (Å²) in [6, 6.07) is 16.1. The number of nitrogens with one attached hydrogen (secondary N) is 2. The van der Waals surface area contributed by atoms with Crippen LogP contribution in [0.15, 0.2) is 59.8 Å². The van der Waals surface area contributed by atoms with Crippen molar-refractivity contribution in [1.29, 1.82) is 0 Å². The zero-order valence-electron chi connectivity index (χ0n) is 13.0. The lowest BCUT2D eigenvalue weighted by molar-refractivity contribution is 0.871. The Labute approximate surface area is 143 Å². The van der Waals surface area contributed by atoms with Gasteiger partial charge in [0.1, 0.15) is 0 Å². The van der Waals surface area contributed by atoms with Crippen molar-refractivity contribution in [2.24, 2.45) is 5.10 Å². The summed E-state index contributed by atoms with van der Waals surface area (Å²) in [7, 11) is 0. The molecule has 0 unspecified atom stereocenters. The largest absolute Gasteiger partial charge is 0.361 e. The van der Waals surface area contributed by atoms with E-state index in [1.807, 2.05) is 55.6 Å². The fourth-order valence-electron chi connectivity index (χ4n) is 2.72. The van der Waals surface area contributed by atoms with Crippen LogP contribution in [0.4, 0.5) is 0 Å². The van der Waals surface area contributed by atoms with Gasteiger partial charge in [0.05, 0.1) is 6.21 Å². The van der Waals surface area contributed by atoms with E-state index in [9.17, 15) is 0 Å². The van der Waals surface area contributed by atoms with E-state index >= 15 is 0 Å². The average molecular weight is 333 g/mol. The second-order valence-corrected chi connectivity index (χ2v) is 5.90. The molecule has 0 amide bonds. The minimum Gasteiger partial charge on any atom is -0.361 e. The Morgan fingerprint density at radius 3 is 2.79 bits per heavy atom. The number of benzene rings is 2. The summed E-state index contributed by atoms with van der Waals surface area (Å²) in [5.41, 5.74) is 4.20. The average Bonchev–Trinajstić information content (AvgIpc) is 3.17. The highest BCUT2D eigenvalue weighted by molar-refractivity contribution is 7.71. The van der Waals surface area contributed by atoms with Gasteiger partial charge in [-0.25, -0.2) is 5.10 Å². The highest BCUT2D eigenvalue weighted by Crippen LogP contribution is 2.21. The van der Waals surface area contributed by atoms with Gasteiger partial charge < -0.3 is 4.98 Å². The maximum Gasteiger partial charge on any atom is 0.216 e. The van der Waals surface area contributed by atoms with E-state index in [1.165, 1.54) is 0 Å². The molecule has 0 spiro atoms. The van der Waals surface area contributed by atoms with Gasteiger partial charge in [-0.3, -0.25) is 0 Å². The van der Waals surface area contributed by atoms with Gasteiger partial charge in [0.25, 0.3) is 0 Å². The number of fused-ring (bicyclic) bond motifs is 1. The fraction of sp³-hybridized carbons (Fsp3) is 0.0556. The smallest absolute Gasteiger partial charge is 0.216 e. The van der Waals surface area contributed by atoms with Gasteiger partial charge in [-0.05, 0) is 30.8 Å². The maximum absolute atomic E-state index is 5.33. The Bertz CT molecular complexity index is 1100. The molecule has 0 bridgehead atoms. The Balaban J connectivity index is 1.80. The van der Waals surface area contributed by atoms with Gasteiger partial charge in [-0.15, -0.1) is 0 Å². The third-order valence-corrected chi connectivity index (χ3v) is 4.23. The second-order valence-electron chi connectivity index (χ2n) is 5.51. The number of aryl methyl sites for hydroxylation is 1. The molecular weight excluding hydrogens is 318 g/mol. The van der Waals surface area contributed by atoms with Crippen LogP contribution in [0.5, 0.6) is 0 Å². The van der Waals surface area contributed by atoms with E-state index in [0.717, 1.165) is 27.6 Å². The maximum atomic E-state index is 5.33. The van der Waals surface area contributed by atoms with Crippen LogP contribution in [0.2, 0.25) is 0 Å². The van der Waals surface area contributed by atoms with Gasteiger partial charge >= 0.3 is 0 Å². The molecule has 4 rings (SSSR count). The number of para-hydroxylation sites is 1. The minimum atomic E-state index is 0.462. The molecule has 24 heavy (non-hydrogen) atoms. The molecule has 0 fully saturated rings. The lowest BCUT2D eigenvalue weighted by atomic mass is 10.1. The quantitative estimate of drug-likeness (QED) is 0.434. The molecule has 2 heterocycles. The minimum absolute atomic E-state index is 0.462. The number of aromatic amines is 2. The molecular formula is C18H15N5S. The molecule has 6 heteroatoms. The first-order chi connectivity index (χ1) is 11.7. The molecule has 0 aliphatic rings. The van der Waals surface area contributed by atoms with Crippen LogP contribution in [-0.2, 0) is 0 Å². The van der Waals surface area contributed by atoms with Crippen molar-refractivity contribution < 1.29 is 0 Å². The van der Waals surface area contributed by atoms with E-state index < -0.39 is 0 Å².